The standard InChI is InChI=1S/C65H117N17O19/c1-17-34(11)50(61(96)73-37(14)55(90)70-29-48(88)78-49(33(9)10)60(95)72-36(13)54(89)69-27-47(87)75-44(65(100)101)25-32(7)8)80-64(99)53(39(16)84)81-59(94)43(26-45(68)85)77-63(98)52(38(15)83)82-62(97)51(35(12)18-2)79-58(93)42(24-31(5)6)74-46(86)28-71-57(92)41(23-30(3)4)76-56(91)40(67)21-19-20-22-66/h30-44,49-53,83-84H,17-29,66-67H2,1-16H3,(H2,68,85)(H,69,89)(H,70,90)(H,71,92)(H,72,95)(H,73,96)(H,74,86)(H,75,87)(H,76,91)(H,77,98)(H,78,88)(H,79,93)(H,80,99)(H,81,94)(H,82,97)(H,100,101)/p+1/t34-,35-,36-,37-,38+,39+,40-,41-,42-,43-,44-,49-,50-,51-,52-,53-/m0/s1. The third kappa shape index (κ3) is 35.5. The molecule has 0 bridgehead atoms. The first kappa shape index (κ1) is 92.4. The molecule has 101 heavy (non-hydrogen) atoms. The number of carbonyl (C=O) groups excluding carboxylic acids is 16. The van der Waals surface area contributed by atoms with Crippen LogP contribution in [0, 0.1) is 35.5 Å². The van der Waals surface area contributed by atoms with E-state index in [0.29, 0.717) is 13.0 Å². The molecule has 0 fully saturated rings. The van der Waals surface area contributed by atoms with E-state index in [1.165, 1.54) is 13.8 Å². The van der Waals surface area contributed by atoms with Crippen molar-refractivity contribution in [3.8, 4) is 0 Å². The number of unbranched alkanes of at least 4 members (excludes halogenated alkanes) is 1. The third-order valence-corrected chi connectivity index (χ3v) is 16.2. The highest BCUT2D eigenvalue weighted by Gasteiger charge is 2.39. The van der Waals surface area contributed by atoms with Crippen LogP contribution in [0.2, 0.25) is 0 Å². The fraction of sp³-hybridized carbons (Fsp3) is 0.754. The van der Waals surface area contributed by atoms with Crippen LogP contribution in [-0.2, 0) is 76.7 Å². The maximum Gasteiger partial charge on any atom is 0.278 e. The molecule has 0 radical (unpaired) electrons. The van der Waals surface area contributed by atoms with Crippen LogP contribution < -0.4 is 96.7 Å². The molecule has 15 amide bonds. The molecule has 0 aromatic heterocycles. The van der Waals surface area contributed by atoms with Gasteiger partial charge in [0.25, 0.3) is 5.91 Å². The quantitative estimate of drug-likeness (QED) is 0.0252. The van der Waals surface area contributed by atoms with Gasteiger partial charge in [-0.3, -0.25) is 71.9 Å². The topological polar surface area (TPSA) is 586 Å². The van der Waals surface area contributed by atoms with Crippen LogP contribution in [0.15, 0.2) is 0 Å². The van der Waals surface area contributed by atoms with Crippen LogP contribution in [-0.4, -0.2) is 216 Å². The number of hydrogen-bond acceptors (Lipinski definition) is 19. The predicted molar refractivity (Wildman–Crippen MR) is 364 cm³/mol. The minimum absolute atomic E-state index is 0.0283. The number of nitrogens with two attached hydrogens (primary N) is 1. The Morgan fingerprint density at radius 1 is 0.386 bits per heavy atom. The first-order valence-electron chi connectivity index (χ1n) is 34.5. The number of aliphatic hydroxyl groups is 2. The smallest absolute Gasteiger partial charge is 0.278 e. The summed E-state index contributed by atoms with van der Waals surface area (Å²) in [5, 5.41) is 67.1. The van der Waals surface area contributed by atoms with E-state index in [4.69, 9.17) is 5.73 Å². The molecule has 0 spiro atoms. The number of aliphatic hydroxyl groups excluding tert-OH is 2. The molecule has 0 saturated carbocycles. The molecule has 16 atom stereocenters. The summed E-state index contributed by atoms with van der Waals surface area (Å²) >= 11 is 0. The largest absolute Gasteiger partial charge is 0.548 e. The molecule has 0 aliphatic carbocycles. The van der Waals surface area contributed by atoms with Crippen LogP contribution >= 0.6 is 0 Å². The lowest BCUT2D eigenvalue weighted by molar-refractivity contribution is -0.406. The van der Waals surface area contributed by atoms with Crippen molar-refractivity contribution in [2.75, 3.05) is 26.2 Å². The number of amides is 15. The highest BCUT2D eigenvalue weighted by molar-refractivity contribution is 6.00. The Morgan fingerprint density at radius 3 is 1.13 bits per heavy atom. The number of rotatable bonds is 48. The Bertz CT molecular complexity index is 2810. The molecular weight excluding hydrogens is 1320 g/mol. The van der Waals surface area contributed by atoms with Gasteiger partial charge >= 0.3 is 0 Å². The molecule has 0 aromatic rings. The van der Waals surface area contributed by atoms with Gasteiger partial charge in [0, 0.05) is 6.42 Å². The van der Waals surface area contributed by atoms with Crippen molar-refractivity contribution in [2.24, 2.45) is 41.2 Å². The number of primary amides is 1. The van der Waals surface area contributed by atoms with E-state index in [0.717, 1.165) is 26.7 Å². The highest BCUT2D eigenvalue weighted by atomic mass is 16.4. The Balaban J connectivity index is 6.23. The summed E-state index contributed by atoms with van der Waals surface area (Å²) < 4.78 is 0. The number of hydrogen-bond donors (Lipinski definition) is 19. The van der Waals surface area contributed by atoms with Gasteiger partial charge in [-0.1, -0.05) is 95.9 Å². The number of nitrogens with one attached hydrogen (secondary N) is 14. The Labute approximate surface area is 591 Å². The van der Waals surface area contributed by atoms with E-state index in [1.54, 1.807) is 69.2 Å². The van der Waals surface area contributed by atoms with Crippen LogP contribution in [0.4, 0.5) is 0 Å². The molecule has 24 N–H and O–H groups in total. The number of aliphatic carboxylic acids is 1. The van der Waals surface area contributed by atoms with Crippen LogP contribution in [0.5, 0.6) is 0 Å². The maximum absolute atomic E-state index is 14.2. The number of carbonyl (C=O) groups is 16. The van der Waals surface area contributed by atoms with E-state index >= 15 is 0 Å². The Hall–Kier alpha value is -8.64. The van der Waals surface area contributed by atoms with Crippen molar-refractivity contribution in [3.63, 3.8) is 0 Å². The first-order valence-corrected chi connectivity index (χ1v) is 34.5. The zero-order valence-electron chi connectivity index (χ0n) is 61.6. The second kappa shape index (κ2) is 46.7. The van der Waals surface area contributed by atoms with Crippen molar-refractivity contribution in [1.29, 1.82) is 0 Å². The molecular formula is C65H118N17O19+. The molecule has 576 valence electrons. The SMILES string of the molecule is CC[C@H](C)[C@H](NC(=O)[C@H](CC(C)C)NC(=O)CNC(=O)[C@H](CC(C)C)NC(=O)[C@@H]([NH3+])CCCC[NH3+])C(=O)N[C@H](C(=O)N[C@@H](CC(N)=O)C(=O)N[C@H](C(=O)N[C@H](C(=O)N[C@@H](C)C(=O)NCC(=O)N[C@H](C(=O)N[C@@H](C)C(=O)NCC(=O)N[C@@H](CC(C)C)C(=O)[O-])C(C)C)[C@@H](C)CC)[C@@H](C)O)[C@@H](C)O. The van der Waals surface area contributed by atoms with E-state index in [-0.39, 0.29) is 49.9 Å². The molecule has 0 aliphatic heterocycles. The lowest BCUT2D eigenvalue weighted by Crippen LogP contribution is -2.69. The van der Waals surface area contributed by atoms with Gasteiger partial charge in [-0.15, -0.1) is 0 Å². The molecule has 0 rings (SSSR count). The number of carboxylic acids is 1. The van der Waals surface area contributed by atoms with Gasteiger partial charge in [0.2, 0.25) is 82.7 Å². The van der Waals surface area contributed by atoms with Crippen LogP contribution in [0.25, 0.3) is 0 Å². The third-order valence-electron chi connectivity index (χ3n) is 16.2. The van der Waals surface area contributed by atoms with Crippen molar-refractivity contribution < 1.29 is 103 Å². The monoisotopic (exact) mass is 1440 g/mol. The Morgan fingerprint density at radius 2 is 0.723 bits per heavy atom. The summed E-state index contributed by atoms with van der Waals surface area (Å²) in [6.45, 7) is 23.9. The van der Waals surface area contributed by atoms with Gasteiger partial charge in [0.05, 0.1) is 56.8 Å². The number of quaternary nitrogens is 2. The van der Waals surface area contributed by atoms with Gasteiger partial charge in [0.1, 0.15) is 60.4 Å². The van der Waals surface area contributed by atoms with E-state index < -0.39 is 223 Å². The van der Waals surface area contributed by atoms with Gasteiger partial charge in [-0.25, -0.2) is 0 Å². The molecule has 0 saturated heterocycles. The maximum atomic E-state index is 14.2. The summed E-state index contributed by atoms with van der Waals surface area (Å²) in [6, 6.07) is -16.7. The normalized spacial score (nSPS) is 16.1. The number of carboxylic acid groups (broad SMARTS) is 1. The van der Waals surface area contributed by atoms with Gasteiger partial charge < -0.3 is 112 Å². The second-order valence-electron chi connectivity index (χ2n) is 27.4. The van der Waals surface area contributed by atoms with E-state index in [1.807, 2.05) is 13.8 Å². The fourth-order valence-corrected chi connectivity index (χ4v) is 9.88. The molecule has 36 nitrogen and oxygen atoms in total. The summed E-state index contributed by atoms with van der Waals surface area (Å²) in [5.74, 6) is -17.5. The summed E-state index contributed by atoms with van der Waals surface area (Å²) in [4.78, 5) is 212. The summed E-state index contributed by atoms with van der Waals surface area (Å²) in [6.07, 6.45) is -1.51. The minimum atomic E-state index is -1.95. The van der Waals surface area contributed by atoms with Crippen molar-refractivity contribution in [1.82, 2.24) is 74.4 Å². The van der Waals surface area contributed by atoms with Gasteiger partial charge in [-0.2, -0.15) is 0 Å². The van der Waals surface area contributed by atoms with Crippen molar-refractivity contribution in [3.05, 3.63) is 0 Å². The summed E-state index contributed by atoms with van der Waals surface area (Å²) in [5.41, 5.74) is 13.2. The van der Waals surface area contributed by atoms with Crippen LogP contribution in [0.3, 0.4) is 0 Å². The minimum Gasteiger partial charge on any atom is -0.548 e. The van der Waals surface area contributed by atoms with Gasteiger partial charge in [-0.05, 0) is 95.3 Å². The molecule has 0 unspecified atom stereocenters. The predicted octanol–water partition coefficient (Wildman–Crippen LogP) is -8.00. The molecule has 36 heteroatoms. The van der Waals surface area contributed by atoms with Crippen molar-refractivity contribution >= 4 is 94.6 Å². The van der Waals surface area contributed by atoms with E-state index in [9.17, 15) is 92.0 Å². The second-order valence-corrected chi connectivity index (χ2v) is 27.4. The average molecular weight is 1440 g/mol. The zero-order chi connectivity index (χ0) is 77.9. The highest BCUT2D eigenvalue weighted by Crippen LogP contribution is 2.15. The zero-order valence-corrected chi connectivity index (χ0v) is 61.6. The first-order chi connectivity index (χ1) is 46.9. The molecule has 0 aliphatic rings. The van der Waals surface area contributed by atoms with Gasteiger partial charge in [0.15, 0.2) is 6.04 Å². The Kier molecular flexibility index (Phi) is 42.7. The molecule has 0 aromatic carbocycles. The summed E-state index contributed by atoms with van der Waals surface area (Å²) in [7, 11) is 0. The lowest BCUT2D eigenvalue weighted by Gasteiger charge is -2.30. The van der Waals surface area contributed by atoms with E-state index in [2.05, 4.69) is 85.9 Å². The van der Waals surface area contributed by atoms with Crippen molar-refractivity contribution in [2.45, 2.75) is 253 Å². The average Bonchev–Trinajstić information content (AvgIpc) is 0.859. The molecule has 0 heterocycles. The lowest BCUT2D eigenvalue weighted by atomic mass is 9.96. The fourth-order valence-electron chi connectivity index (χ4n) is 9.88. The van der Waals surface area contributed by atoms with Crippen LogP contribution in [0.1, 0.15) is 169 Å².